The summed E-state index contributed by atoms with van der Waals surface area (Å²) in [5.41, 5.74) is 7.74. The molecule has 2 aromatic carbocycles. The minimum absolute atomic E-state index is 0. The molecule has 144 valence electrons. The highest BCUT2D eigenvalue weighted by Gasteiger charge is 2.45. The fourth-order valence-electron chi connectivity index (χ4n) is 3.26. The number of carboxylic acid groups (broad SMARTS) is 1. The van der Waals surface area contributed by atoms with E-state index in [1.165, 1.54) is 0 Å². The smallest absolute Gasteiger partial charge is 0.341 e. The Hall–Kier alpha value is -1.79. The van der Waals surface area contributed by atoms with E-state index in [-0.39, 0.29) is 34.0 Å². The molecule has 3 N–H and O–H groups in total. The maximum Gasteiger partial charge on any atom is 0.341 e. The second-order valence-electron chi connectivity index (χ2n) is 6.46. The van der Waals surface area contributed by atoms with Crippen molar-refractivity contribution in [3.05, 3.63) is 62.6 Å². The Bertz CT molecular complexity index is 899. The van der Waals surface area contributed by atoms with E-state index in [2.05, 4.69) is 0 Å². The minimum atomic E-state index is -1.13. The lowest BCUT2D eigenvalue weighted by molar-refractivity contribution is -0.139. The van der Waals surface area contributed by atoms with E-state index in [1.807, 2.05) is 31.2 Å². The van der Waals surface area contributed by atoms with Gasteiger partial charge in [-0.25, -0.2) is 4.79 Å². The summed E-state index contributed by atoms with van der Waals surface area (Å²) in [4.78, 5) is 23.9. The van der Waals surface area contributed by atoms with Gasteiger partial charge in [-0.2, -0.15) is 0 Å². The van der Waals surface area contributed by atoms with Gasteiger partial charge in [0.25, 0.3) is 0 Å². The van der Waals surface area contributed by atoms with Crippen LogP contribution < -0.4 is 10.5 Å². The predicted octanol–water partition coefficient (Wildman–Crippen LogP) is 4.03. The maximum absolute atomic E-state index is 13.1. The molecule has 2 aromatic rings. The lowest BCUT2D eigenvalue weighted by Gasteiger charge is -2.22. The third-order valence-corrected chi connectivity index (χ3v) is 5.56. The third-order valence-electron chi connectivity index (χ3n) is 4.71. The average molecular weight is 431 g/mol. The average Bonchev–Trinajstić information content (AvgIpc) is 2.88. The molecule has 0 amide bonds. The standard InChI is InChI=1S/C19H17Cl2NO4.ClH/c1-19(12-4-2-10(8-22)3-5-12)7-11-6-13(26-9-14(23)24)16(20)17(21)15(11)18(19)25;/h2-6H,7-9,22H2,1H3,(H,23,24);1H. The van der Waals surface area contributed by atoms with E-state index in [1.54, 1.807) is 6.07 Å². The van der Waals surface area contributed by atoms with Crippen molar-refractivity contribution in [1.82, 2.24) is 0 Å². The van der Waals surface area contributed by atoms with Crippen molar-refractivity contribution >= 4 is 47.4 Å². The Morgan fingerprint density at radius 3 is 2.44 bits per heavy atom. The van der Waals surface area contributed by atoms with Crippen LogP contribution in [-0.2, 0) is 23.2 Å². The highest BCUT2D eigenvalue weighted by atomic mass is 35.5. The fraction of sp³-hybridized carbons (Fsp3) is 0.263. The van der Waals surface area contributed by atoms with Crippen LogP contribution in [0.3, 0.4) is 0 Å². The molecule has 0 fully saturated rings. The van der Waals surface area contributed by atoms with Crippen molar-refractivity contribution in [2.24, 2.45) is 5.73 Å². The van der Waals surface area contributed by atoms with E-state index in [4.69, 9.17) is 38.8 Å². The van der Waals surface area contributed by atoms with Crippen LogP contribution in [0.1, 0.15) is 34.0 Å². The number of nitrogens with two attached hydrogens (primary N) is 1. The summed E-state index contributed by atoms with van der Waals surface area (Å²) in [6, 6.07) is 9.18. The number of carbonyl (C=O) groups excluding carboxylic acids is 1. The lowest BCUT2D eigenvalue weighted by Crippen LogP contribution is -2.29. The Balaban J connectivity index is 0.00000261. The van der Waals surface area contributed by atoms with E-state index in [9.17, 15) is 9.59 Å². The first kappa shape index (κ1) is 21.5. The second kappa shape index (κ2) is 8.07. The van der Waals surface area contributed by atoms with Crippen LogP contribution in [0.25, 0.3) is 0 Å². The van der Waals surface area contributed by atoms with Crippen LogP contribution in [0, 0.1) is 0 Å². The summed E-state index contributed by atoms with van der Waals surface area (Å²) in [6.45, 7) is 1.74. The first-order chi connectivity index (χ1) is 12.3. The molecule has 0 bridgehead atoms. The Kier molecular flexibility index (Phi) is 6.43. The molecule has 0 heterocycles. The SMILES string of the molecule is CC1(c2ccc(CN)cc2)Cc2cc(OCC(=O)O)c(Cl)c(Cl)c2C1=O.Cl. The van der Waals surface area contributed by atoms with Gasteiger partial charge < -0.3 is 15.6 Å². The summed E-state index contributed by atoms with van der Waals surface area (Å²) >= 11 is 12.5. The number of hydrogen-bond donors (Lipinski definition) is 2. The van der Waals surface area contributed by atoms with Gasteiger partial charge in [-0.15, -0.1) is 12.4 Å². The number of Topliss-reactive ketones (excluding diaryl/α,β-unsaturated/α-hetero) is 1. The molecule has 0 spiro atoms. The summed E-state index contributed by atoms with van der Waals surface area (Å²) < 4.78 is 5.20. The normalized spacial score (nSPS) is 18.0. The van der Waals surface area contributed by atoms with Gasteiger partial charge in [0, 0.05) is 12.1 Å². The number of fused-ring (bicyclic) bond motifs is 1. The molecular formula is C19H18Cl3NO4. The number of rotatable bonds is 5. The van der Waals surface area contributed by atoms with Crippen molar-refractivity contribution in [2.75, 3.05) is 6.61 Å². The first-order valence-corrected chi connectivity index (χ1v) is 8.73. The summed E-state index contributed by atoms with van der Waals surface area (Å²) in [6.07, 6.45) is 0.420. The number of ether oxygens (including phenoxy) is 1. The summed E-state index contributed by atoms with van der Waals surface area (Å²) in [7, 11) is 0. The number of carboxylic acids is 1. The molecular weight excluding hydrogens is 413 g/mol. The third kappa shape index (κ3) is 3.78. The Morgan fingerprint density at radius 1 is 1.26 bits per heavy atom. The van der Waals surface area contributed by atoms with Crippen molar-refractivity contribution < 1.29 is 19.4 Å². The molecule has 0 aromatic heterocycles. The lowest BCUT2D eigenvalue weighted by atomic mass is 9.78. The van der Waals surface area contributed by atoms with Gasteiger partial charge in [-0.05, 0) is 36.1 Å². The van der Waals surface area contributed by atoms with Crippen molar-refractivity contribution in [3.8, 4) is 5.75 Å². The van der Waals surface area contributed by atoms with E-state index >= 15 is 0 Å². The number of benzene rings is 2. The number of halogens is 3. The van der Waals surface area contributed by atoms with E-state index in [0.717, 1.165) is 11.1 Å². The quantitative estimate of drug-likeness (QED) is 0.747. The molecule has 0 aliphatic heterocycles. The van der Waals surface area contributed by atoms with Gasteiger partial charge in [0.15, 0.2) is 12.4 Å². The van der Waals surface area contributed by atoms with Crippen molar-refractivity contribution in [1.29, 1.82) is 0 Å². The van der Waals surface area contributed by atoms with Gasteiger partial charge >= 0.3 is 5.97 Å². The van der Waals surface area contributed by atoms with Crippen LogP contribution in [0.5, 0.6) is 5.75 Å². The molecule has 1 atom stereocenters. The number of ketones is 1. The zero-order valence-electron chi connectivity index (χ0n) is 14.4. The zero-order chi connectivity index (χ0) is 19.1. The zero-order valence-corrected chi connectivity index (χ0v) is 16.7. The van der Waals surface area contributed by atoms with Gasteiger partial charge in [0.1, 0.15) is 10.8 Å². The van der Waals surface area contributed by atoms with E-state index < -0.39 is 18.0 Å². The van der Waals surface area contributed by atoms with Crippen LogP contribution >= 0.6 is 35.6 Å². The first-order valence-electron chi connectivity index (χ1n) is 7.97. The highest BCUT2D eigenvalue weighted by Crippen LogP contribution is 2.47. The molecule has 3 rings (SSSR count). The second-order valence-corrected chi connectivity index (χ2v) is 7.21. The number of carbonyl (C=O) groups is 2. The fourth-order valence-corrected chi connectivity index (χ4v) is 3.76. The molecule has 5 nitrogen and oxygen atoms in total. The Morgan fingerprint density at radius 2 is 1.89 bits per heavy atom. The molecule has 27 heavy (non-hydrogen) atoms. The minimum Gasteiger partial charge on any atom is -0.480 e. The van der Waals surface area contributed by atoms with Crippen molar-refractivity contribution in [3.63, 3.8) is 0 Å². The predicted molar refractivity (Wildman–Crippen MR) is 107 cm³/mol. The number of hydrogen-bond acceptors (Lipinski definition) is 4. The molecule has 0 radical (unpaired) electrons. The van der Waals surface area contributed by atoms with Crippen LogP contribution in [-0.4, -0.2) is 23.5 Å². The molecule has 1 aliphatic rings. The van der Waals surface area contributed by atoms with E-state index in [0.29, 0.717) is 24.1 Å². The van der Waals surface area contributed by atoms with Gasteiger partial charge in [0.05, 0.1) is 10.4 Å². The molecule has 8 heteroatoms. The monoisotopic (exact) mass is 429 g/mol. The summed E-state index contributed by atoms with van der Waals surface area (Å²) in [5.74, 6) is -1.09. The molecule has 0 saturated carbocycles. The van der Waals surface area contributed by atoms with Gasteiger partial charge in [-0.3, -0.25) is 4.79 Å². The number of aliphatic carboxylic acids is 1. The summed E-state index contributed by atoms with van der Waals surface area (Å²) in [5, 5.41) is 8.92. The molecule has 1 unspecified atom stereocenters. The van der Waals surface area contributed by atoms with Crippen LogP contribution in [0.15, 0.2) is 30.3 Å². The van der Waals surface area contributed by atoms with Crippen molar-refractivity contribution in [2.45, 2.75) is 25.3 Å². The van der Waals surface area contributed by atoms with Gasteiger partial charge in [0.2, 0.25) is 0 Å². The topological polar surface area (TPSA) is 89.6 Å². The Labute approximate surface area is 172 Å². The van der Waals surface area contributed by atoms with Crippen LogP contribution in [0.4, 0.5) is 0 Å². The van der Waals surface area contributed by atoms with Gasteiger partial charge in [-0.1, -0.05) is 47.5 Å². The maximum atomic E-state index is 13.1. The largest absolute Gasteiger partial charge is 0.480 e. The highest BCUT2D eigenvalue weighted by molar-refractivity contribution is 6.45. The van der Waals surface area contributed by atoms with Crippen LogP contribution in [0.2, 0.25) is 10.0 Å². The molecule has 1 aliphatic carbocycles. The molecule has 0 saturated heterocycles.